The molecule has 0 radical (unpaired) electrons. The second-order valence-corrected chi connectivity index (χ2v) is 17.9. The van der Waals surface area contributed by atoms with E-state index in [4.69, 9.17) is 0 Å². The molecule has 0 amide bonds. The van der Waals surface area contributed by atoms with Crippen LogP contribution in [0.15, 0.2) is 70.5 Å². The molecule has 0 nitrogen and oxygen atoms in total. The van der Waals surface area contributed by atoms with Gasteiger partial charge in [-0.2, -0.15) is 0 Å². The SMILES string of the molecule is c1cc2cc3cc4[te]c5c6cc7cc8[se]ccc8cc7cc6[te]c5c4cc3cc2[se]1. The molecule has 140 valence electrons. The molecule has 8 aromatic rings. The van der Waals surface area contributed by atoms with Crippen LogP contribution in [-0.2, 0) is 0 Å². The first kappa shape index (κ1) is 17.8. The van der Waals surface area contributed by atoms with E-state index >= 15 is 0 Å². The van der Waals surface area contributed by atoms with Gasteiger partial charge in [-0.1, -0.05) is 0 Å². The molecule has 0 aliphatic heterocycles. The average Bonchev–Trinajstić information content (AvgIpc) is 3.51. The Kier molecular flexibility index (Phi) is 3.78. The Morgan fingerprint density at radius 1 is 0.467 bits per heavy atom. The minimum atomic E-state index is -0.280. The van der Waals surface area contributed by atoms with Gasteiger partial charge in [0.25, 0.3) is 0 Å². The quantitative estimate of drug-likeness (QED) is 0.168. The van der Waals surface area contributed by atoms with Crippen LogP contribution < -0.4 is 0 Å². The monoisotopic (exact) mass is 744 g/mol. The molecule has 0 unspecified atom stereocenters. The van der Waals surface area contributed by atoms with Crippen LogP contribution in [0, 0.1) is 0 Å². The number of benzene rings is 4. The van der Waals surface area contributed by atoms with Crippen molar-refractivity contribution in [3.8, 4) is 0 Å². The second kappa shape index (κ2) is 6.39. The van der Waals surface area contributed by atoms with E-state index in [0.717, 1.165) is 0 Å². The summed E-state index contributed by atoms with van der Waals surface area (Å²) in [5.41, 5.74) is 0. The molecule has 0 spiro atoms. The normalized spacial score (nSPS) is 12.7. The Bertz CT molecular complexity index is 1820. The summed E-state index contributed by atoms with van der Waals surface area (Å²) in [7, 11) is 0. The Morgan fingerprint density at radius 3 is 1.43 bits per heavy atom. The fourth-order valence-corrected chi connectivity index (χ4v) is 17.6. The van der Waals surface area contributed by atoms with Gasteiger partial charge < -0.3 is 0 Å². The van der Waals surface area contributed by atoms with Gasteiger partial charge in [-0.25, -0.2) is 0 Å². The molecule has 4 aromatic heterocycles. The summed E-state index contributed by atoms with van der Waals surface area (Å²) in [5.74, 6) is 0. The maximum absolute atomic E-state index is 2.55. The van der Waals surface area contributed by atoms with Crippen LogP contribution in [0.4, 0.5) is 0 Å². The third-order valence-corrected chi connectivity index (χ3v) is 17.9. The van der Waals surface area contributed by atoms with Gasteiger partial charge in [0.2, 0.25) is 0 Å². The topological polar surface area (TPSA) is 0 Å². The summed E-state index contributed by atoms with van der Waals surface area (Å²) in [6.07, 6.45) is 0. The van der Waals surface area contributed by atoms with E-state index in [0.29, 0.717) is 29.0 Å². The van der Waals surface area contributed by atoms with E-state index in [2.05, 4.69) is 70.5 Å². The number of fused-ring (bicyclic) bond motifs is 9. The van der Waals surface area contributed by atoms with Crippen molar-refractivity contribution in [2.24, 2.45) is 0 Å². The maximum atomic E-state index is 2.55. The molecule has 0 N–H and O–H groups in total. The summed E-state index contributed by atoms with van der Waals surface area (Å²) < 4.78 is 10.0. The van der Waals surface area contributed by atoms with Crippen molar-refractivity contribution < 1.29 is 0 Å². The molecule has 0 aliphatic rings. The third kappa shape index (κ3) is 2.46. The molecule has 0 aliphatic carbocycles. The fraction of sp³-hybridized carbons (Fsp3) is 0. The molecule has 8 rings (SSSR count). The fourth-order valence-electron chi connectivity index (χ4n) is 4.67. The molecular weight excluding hydrogens is 725 g/mol. The molecule has 0 bridgehead atoms. The molecule has 30 heavy (non-hydrogen) atoms. The van der Waals surface area contributed by atoms with Crippen LogP contribution in [0.5, 0.6) is 0 Å². The van der Waals surface area contributed by atoms with E-state index in [9.17, 15) is 0 Å². The van der Waals surface area contributed by atoms with Crippen molar-refractivity contribution in [1.82, 2.24) is 0 Å². The van der Waals surface area contributed by atoms with Gasteiger partial charge in [-0.05, 0) is 0 Å². The Morgan fingerprint density at radius 2 is 0.933 bits per heavy atom. The average molecular weight is 738 g/mol. The summed E-state index contributed by atoms with van der Waals surface area (Å²) in [5, 5.41) is 12.0. The first-order chi connectivity index (χ1) is 14.8. The summed E-state index contributed by atoms with van der Waals surface area (Å²) in [4.78, 5) is 4.72. The number of hydrogen-bond acceptors (Lipinski definition) is 0. The summed E-state index contributed by atoms with van der Waals surface area (Å²) in [6, 6.07) is 24.6. The van der Waals surface area contributed by atoms with Crippen molar-refractivity contribution in [3.05, 3.63) is 70.5 Å². The summed E-state index contributed by atoms with van der Waals surface area (Å²) in [6.45, 7) is 0. The first-order valence-corrected chi connectivity index (χ1v) is 18.2. The van der Waals surface area contributed by atoms with Crippen molar-refractivity contribution in [1.29, 1.82) is 0 Å². The Labute approximate surface area is 203 Å². The zero-order valence-electron chi connectivity index (χ0n) is 15.6. The van der Waals surface area contributed by atoms with Gasteiger partial charge in [-0.15, -0.1) is 0 Å². The van der Waals surface area contributed by atoms with Gasteiger partial charge in [0.05, 0.1) is 0 Å². The Balaban J connectivity index is 1.49. The first-order valence-electron chi connectivity index (χ1n) is 9.81. The zero-order chi connectivity index (χ0) is 19.4. The van der Waals surface area contributed by atoms with Gasteiger partial charge in [0.15, 0.2) is 0 Å². The van der Waals surface area contributed by atoms with Crippen molar-refractivity contribution >= 4 is 135 Å². The molecule has 4 heteroatoms. The molecule has 4 aromatic carbocycles. The standard InChI is InChI=1S/C26H12Se2Te2/c1-3-27-21-9-17-7-19-23(11-15(17)5-13(1)21)29-26-20-8-18-10-22-14(2-4-28-22)6-16(18)12-24(20)30-25(19)26/h1-12H. The zero-order valence-corrected chi connectivity index (χ0v) is 23.6. The van der Waals surface area contributed by atoms with Crippen LogP contribution in [0.3, 0.4) is 0 Å². The van der Waals surface area contributed by atoms with Gasteiger partial charge in [0, 0.05) is 0 Å². The van der Waals surface area contributed by atoms with E-state index in [1.54, 1.807) is 32.9 Å². The van der Waals surface area contributed by atoms with Crippen LogP contribution >= 0.6 is 0 Å². The molecule has 4 heterocycles. The van der Waals surface area contributed by atoms with E-state index in [1.807, 2.05) is 0 Å². The Hall–Kier alpha value is -0.762. The summed E-state index contributed by atoms with van der Waals surface area (Å²) >= 11 is 0.487. The van der Waals surface area contributed by atoms with E-state index in [1.165, 1.54) is 32.3 Å². The number of hydrogen-bond donors (Lipinski definition) is 0. The van der Waals surface area contributed by atoms with Gasteiger partial charge in [-0.3, -0.25) is 0 Å². The van der Waals surface area contributed by atoms with Crippen LogP contribution in [0.1, 0.15) is 0 Å². The van der Waals surface area contributed by atoms with Crippen molar-refractivity contribution in [2.45, 2.75) is 0 Å². The number of rotatable bonds is 0. The molecule has 0 saturated carbocycles. The predicted molar refractivity (Wildman–Crippen MR) is 137 cm³/mol. The van der Waals surface area contributed by atoms with Crippen molar-refractivity contribution in [2.75, 3.05) is 0 Å². The van der Waals surface area contributed by atoms with E-state index in [-0.39, 0.29) is 40.9 Å². The molecule has 0 saturated heterocycles. The second-order valence-electron chi connectivity index (χ2n) is 7.87. The molecular formula is C26H12Se2Te2. The van der Waals surface area contributed by atoms with Gasteiger partial charge in [0.1, 0.15) is 0 Å². The van der Waals surface area contributed by atoms with Crippen LogP contribution in [0.2, 0.25) is 0 Å². The van der Waals surface area contributed by atoms with E-state index < -0.39 is 0 Å². The van der Waals surface area contributed by atoms with Gasteiger partial charge >= 0.3 is 206 Å². The third-order valence-electron chi connectivity index (χ3n) is 6.14. The van der Waals surface area contributed by atoms with Crippen molar-refractivity contribution in [3.63, 3.8) is 0 Å². The minimum absolute atomic E-state index is 0.280. The predicted octanol–water partition coefficient (Wildman–Crippen LogP) is 5.99. The van der Waals surface area contributed by atoms with Crippen LogP contribution in [-0.4, -0.2) is 69.9 Å². The molecule has 0 fully saturated rings. The molecule has 0 atom stereocenters. The van der Waals surface area contributed by atoms with Crippen LogP contribution in [0.25, 0.3) is 65.2 Å².